The number of benzene rings is 1. The SMILES string of the molecule is CCn1c(SCC(=O)Nc2cccc([N+](=O)[O-])c2C)nnc1C1CC1. The smallest absolute Gasteiger partial charge is 0.274 e. The van der Waals surface area contributed by atoms with Crippen LogP contribution in [0.25, 0.3) is 0 Å². The summed E-state index contributed by atoms with van der Waals surface area (Å²) in [6.07, 6.45) is 2.30. The number of carbonyl (C=O) groups excluding carboxylic acids is 1. The fraction of sp³-hybridized carbons (Fsp3) is 0.438. The number of hydrogen-bond donors (Lipinski definition) is 1. The summed E-state index contributed by atoms with van der Waals surface area (Å²) < 4.78 is 2.05. The van der Waals surface area contributed by atoms with E-state index in [0.29, 0.717) is 17.2 Å². The van der Waals surface area contributed by atoms with Gasteiger partial charge in [-0.05, 0) is 32.8 Å². The van der Waals surface area contributed by atoms with Crippen LogP contribution in [-0.4, -0.2) is 31.3 Å². The predicted octanol–water partition coefficient (Wildman–Crippen LogP) is 3.12. The zero-order valence-corrected chi connectivity index (χ0v) is 14.9. The summed E-state index contributed by atoms with van der Waals surface area (Å²) in [5.74, 6) is 1.44. The van der Waals surface area contributed by atoms with E-state index in [-0.39, 0.29) is 17.3 Å². The normalized spacial score (nSPS) is 13.7. The summed E-state index contributed by atoms with van der Waals surface area (Å²) in [7, 11) is 0. The first-order valence-electron chi connectivity index (χ1n) is 8.11. The number of nitrogens with one attached hydrogen (secondary N) is 1. The summed E-state index contributed by atoms with van der Waals surface area (Å²) in [6, 6.07) is 4.64. The Morgan fingerprint density at radius 2 is 2.20 bits per heavy atom. The third-order valence-corrected chi connectivity index (χ3v) is 5.08. The van der Waals surface area contributed by atoms with Crippen molar-refractivity contribution in [2.24, 2.45) is 0 Å². The molecule has 1 aromatic carbocycles. The van der Waals surface area contributed by atoms with E-state index in [9.17, 15) is 14.9 Å². The highest BCUT2D eigenvalue weighted by atomic mass is 32.2. The minimum Gasteiger partial charge on any atom is -0.325 e. The van der Waals surface area contributed by atoms with Crippen molar-refractivity contribution in [2.45, 2.75) is 44.3 Å². The lowest BCUT2D eigenvalue weighted by Gasteiger charge is -2.09. The second-order valence-corrected chi connectivity index (χ2v) is 6.85. The molecule has 0 radical (unpaired) electrons. The molecule has 1 aliphatic rings. The van der Waals surface area contributed by atoms with Crippen molar-refractivity contribution >= 4 is 29.0 Å². The van der Waals surface area contributed by atoms with Crippen LogP contribution in [-0.2, 0) is 11.3 Å². The highest BCUT2D eigenvalue weighted by Crippen LogP contribution is 2.40. The quantitative estimate of drug-likeness (QED) is 0.462. The molecule has 0 spiro atoms. The molecule has 1 N–H and O–H groups in total. The molecule has 1 amide bonds. The molecular formula is C16H19N5O3S. The Morgan fingerprint density at radius 3 is 2.84 bits per heavy atom. The Balaban J connectivity index is 1.64. The summed E-state index contributed by atoms with van der Waals surface area (Å²) in [4.78, 5) is 22.7. The van der Waals surface area contributed by atoms with E-state index in [2.05, 4.69) is 15.5 Å². The zero-order valence-electron chi connectivity index (χ0n) is 14.1. The Hall–Kier alpha value is -2.42. The number of hydrogen-bond acceptors (Lipinski definition) is 6. The molecule has 0 atom stereocenters. The first kappa shape index (κ1) is 17.4. The van der Waals surface area contributed by atoms with E-state index in [1.54, 1.807) is 19.1 Å². The van der Waals surface area contributed by atoms with Gasteiger partial charge in [0.1, 0.15) is 5.82 Å². The van der Waals surface area contributed by atoms with Gasteiger partial charge in [0.05, 0.1) is 21.9 Å². The molecule has 8 nitrogen and oxygen atoms in total. The van der Waals surface area contributed by atoms with Crippen molar-refractivity contribution in [3.05, 3.63) is 39.7 Å². The van der Waals surface area contributed by atoms with Gasteiger partial charge in [0, 0.05) is 18.5 Å². The highest BCUT2D eigenvalue weighted by molar-refractivity contribution is 7.99. The first-order chi connectivity index (χ1) is 12.0. The van der Waals surface area contributed by atoms with Crippen molar-refractivity contribution < 1.29 is 9.72 Å². The Labute approximate surface area is 149 Å². The second kappa shape index (κ2) is 7.22. The fourth-order valence-electron chi connectivity index (χ4n) is 2.62. The Morgan fingerprint density at radius 1 is 1.44 bits per heavy atom. The van der Waals surface area contributed by atoms with E-state index in [1.165, 1.54) is 17.8 Å². The largest absolute Gasteiger partial charge is 0.325 e. The minimum atomic E-state index is -0.455. The predicted molar refractivity (Wildman–Crippen MR) is 94.9 cm³/mol. The molecule has 0 aliphatic heterocycles. The maximum atomic E-state index is 12.2. The molecule has 2 aromatic rings. The topological polar surface area (TPSA) is 103 Å². The van der Waals surface area contributed by atoms with Gasteiger partial charge >= 0.3 is 0 Å². The van der Waals surface area contributed by atoms with Gasteiger partial charge in [-0.15, -0.1) is 10.2 Å². The number of aromatic nitrogens is 3. The van der Waals surface area contributed by atoms with Gasteiger partial charge in [-0.25, -0.2) is 0 Å². The number of nitro groups is 1. The molecular weight excluding hydrogens is 342 g/mol. The molecule has 3 rings (SSSR count). The van der Waals surface area contributed by atoms with E-state index in [0.717, 1.165) is 30.4 Å². The van der Waals surface area contributed by atoms with Gasteiger partial charge in [0.25, 0.3) is 5.69 Å². The highest BCUT2D eigenvalue weighted by Gasteiger charge is 2.30. The molecule has 1 aliphatic carbocycles. The molecule has 25 heavy (non-hydrogen) atoms. The molecule has 1 saturated carbocycles. The third-order valence-electron chi connectivity index (χ3n) is 4.11. The van der Waals surface area contributed by atoms with Gasteiger partial charge < -0.3 is 9.88 Å². The Kier molecular flexibility index (Phi) is 5.03. The molecule has 1 fully saturated rings. The maximum Gasteiger partial charge on any atom is 0.274 e. The average molecular weight is 361 g/mol. The van der Waals surface area contributed by atoms with Crippen LogP contribution < -0.4 is 5.32 Å². The third kappa shape index (κ3) is 3.81. The van der Waals surface area contributed by atoms with Crippen molar-refractivity contribution in [1.82, 2.24) is 14.8 Å². The fourth-order valence-corrected chi connectivity index (χ4v) is 3.43. The zero-order chi connectivity index (χ0) is 18.0. The number of nitro benzene ring substituents is 1. The van der Waals surface area contributed by atoms with Crippen molar-refractivity contribution in [1.29, 1.82) is 0 Å². The molecule has 1 aromatic heterocycles. The van der Waals surface area contributed by atoms with Crippen molar-refractivity contribution in [3.8, 4) is 0 Å². The van der Waals surface area contributed by atoms with Gasteiger partial charge in [-0.2, -0.15) is 0 Å². The molecule has 0 bridgehead atoms. The van der Waals surface area contributed by atoms with Crippen LogP contribution in [0.4, 0.5) is 11.4 Å². The molecule has 0 saturated heterocycles. The van der Waals surface area contributed by atoms with E-state index in [4.69, 9.17) is 0 Å². The van der Waals surface area contributed by atoms with E-state index < -0.39 is 4.92 Å². The Bertz CT molecular complexity index is 816. The summed E-state index contributed by atoms with van der Waals surface area (Å²) >= 11 is 1.32. The van der Waals surface area contributed by atoms with E-state index >= 15 is 0 Å². The van der Waals surface area contributed by atoms with Crippen LogP contribution in [0.1, 0.15) is 37.1 Å². The monoisotopic (exact) mass is 361 g/mol. The average Bonchev–Trinajstić information content (AvgIpc) is 3.34. The number of anilines is 1. The molecule has 9 heteroatoms. The van der Waals surface area contributed by atoms with E-state index in [1.807, 2.05) is 11.5 Å². The van der Waals surface area contributed by atoms with Crippen LogP contribution in [0.5, 0.6) is 0 Å². The van der Waals surface area contributed by atoms with Crippen LogP contribution in [0.15, 0.2) is 23.4 Å². The van der Waals surface area contributed by atoms with Gasteiger partial charge in [0.2, 0.25) is 5.91 Å². The lowest BCUT2D eigenvalue weighted by molar-refractivity contribution is -0.385. The lowest BCUT2D eigenvalue weighted by Crippen LogP contribution is -2.16. The number of nitrogens with zero attached hydrogens (tertiary/aromatic N) is 4. The second-order valence-electron chi connectivity index (χ2n) is 5.90. The number of thioether (sulfide) groups is 1. The number of rotatable bonds is 7. The van der Waals surface area contributed by atoms with Crippen LogP contribution in [0.3, 0.4) is 0 Å². The van der Waals surface area contributed by atoms with Gasteiger partial charge in [-0.1, -0.05) is 17.8 Å². The molecule has 1 heterocycles. The minimum absolute atomic E-state index is 0.00902. The lowest BCUT2D eigenvalue weighted by atomic mass is 10.1. The van der Waals surface area contributed by atoms with Gasteiger partial charge in [0.15, 0.2) is 5.16 Å². The molecule has 132 valence electrons. The molecule has 0 unspecified atom stereocenters. The van der Waals surface area contributed by atoms with Gasteiger partial charge in [-0.3, -0.25) is 14.9 Å². The maximum absolute atomic E-state index is 12.2. The van der Waals surface area contributed by atoms with Crippen LogP contribution in [0.2, 0.25) is 0 Å². The van der Waals surface area contributed by atoms with Crippen molar-refractivity contribution in [2.75, 3.05) is 11.1 Å². The summed E-state index contributed by atoms with van der Waals surface area (Å²) in [5, 5.41) is 22.9. The van der Waals surface area contributed by atoms with Crippen LogP contribution in [0, 0.1) is 17.0 Å². The first-order valence-corrected chi connectivity index (χ1v) is 9.09. The summed E-state index contributed by atoms with van der Waals surface area (Å²) in [6.45, 7) is 4.43. The van der Waals surface area contributed by atoms with Crippen LogP contribution >= 0.6 is 11.8 Å². The summed E-state index contributed by atoms with van der Waals surface area (Å²) in [5.41, 5.74) is 0.888. The number of amides is 1. The van der Waals surface area contributed by atoms with Crippen molar-refractivity contribution in [3.63, 3.8) is 0 Å². The number of carbonyl (C=O) groups is 1. The standard InChI is InChI=1S/C16H19N5O3S/c1-3-20-15(11-7-8-11)18-19-16(20)25-9-14(22)17-12-5-4-6-13(10(12)2)21(23)24/h4-6,11H,3,7-9H2,1-2H3,(H,17,22).